The molecule has 1 aromatic rings. The average molecular weight is 265 g/mol. The number of hydrogen-bond donors (Lipinski definition) is 2. The molecule has 0 aliphatic carbocycles. The van der Waals surface area contributed by atoms with Crippen molar-refractivity contribution in [2.24, 2.45) is 11.7 Å². The fraction of sp³-hybridized carbons (Fsp3) is 0.429. The lowest BCUT2D eigenvalue weighted by Gasteiger charge is -2.13. The van der Waals surface area contributed by atoms with Crippen LogP contribution in [0.2, 0.25) is 0 Å². The van der Waals surface area contributed by atoms with E-state index in [1.807, 2.05) is 30.3 Å². The second-order valence-corrected chi connectivity index (χ2v) is 4.32. The summed E-state index contributed by atoms with van der Waals surface area (Å²) < 4.78 is 5.15. The quantitative estimate of drug-likeness (QED) is 0.696. The van der Waals surface area contributed by atoms with Gasteiger partial charge >= 0.3 is 11.9 Å². The van der Waals surface area contributed by atoms with Gasteiger partial charge in [-0.2, -0.15) is 0 Å². The highest BCUT2D eigenvalue weighted by Crippen LogP contribution is 2.14. The number of esters is 1. The fourth-order valence-electron chi connectivity index (χ4n) is 1.72. The Morgan fingerprint density at radius 3 is 2.53 bits per heavy atom. The third-order valence-corrected chi connectivity index (χ3v) is 2.73. The third kappa shape index (κ3) is 6.01. The minimum absolute atomic E-state index is 0.165. The Bertz CT molecular complexity index is 405. The molecule has 19 heavy (non-hydrogen) atoms. The van der Waals surface area contributed by atoms with Gasteiger partial charge in [0, 0.05) is 0 Å². The highest BCUT2D eigenvalue weighted by Gasteiger charge is 2.22. The van der Waals surface area contributed by atoms with Crippen LogP contribution in [0, 0.1) is 5.92 Å². The Kier molecular flexibility index (Phi) is 6.60. The first-order valence-corrected chi connectivity index (χ1v) is 6.26. The summed E-state index contributed by atoms with van der Waals surface area (Å²) in [4.78, 5) is 22.5. The number of aliphatic carboxylic acids is 1. The summed E-state index contributed by atoms with van der Waals surface area (Å²) in [6, 6.07) is 9.27. The van der Waals surface area contributed by atoms with Gasteiger partial charge in [0.05, 0.1) is 12.3 Å². The van der Waals surface area contributed by atoms with Crippen molar-refractivity contribution in [2.75, 3.05) is 6.54 Å². The van der Waals surface area contributed by atoms with Crippen molar-refractivity contribution >= 4 is 11.9 Å². The van der Waals surface area contributed by atoms with Crippen molar-refractivity contribution < 1.29 is 19.4 Å². The Morgan fingerprint density at radius 1 is 1.26 bits per heavy atom. The number of carbonyl (C=O) groups is 2. The molecule has 0 bridgehead atoms. The van der Waals surface area contributed by atoms with Gasteiger partial charge in [-0.05, 0) is 24.9 Å². The zero-order chi connectivity index (χ0) is 14.1. The molecule has 5 heteroatoms. The summed E-state index contributed by atoms with van der Waals surface area (Å²) in [7, 11) is 0. The van der Waals surface area contributed by atoms with E-state index in [0.717, 1.165) is 5.56 Å². The number of benzene rings is 1. The number of carbonyl (C=O) groups excluding carboxylic acids is 1. The smallest absolute Gasteiger partial charge is 0.309 e. The fourth-order valence-corrected chi connectivity index (χ4v) is 1.72. The zero-order valence-corrected chi connectivity index (χ0v) is 10.7. The molecule has 0 aliphatic rings. The van der Waals surface area contributed by atoms with Crippen LogP contribution < -0.4 is 5.73 Å². The Labute approximate surface area is 112 Å². The summed E-state index contributed by atoms with van der Waals surface area (Å²) in [5.74, 6) is -2.09. The molecule has 0 heterocycles. The van der Waals surface area contributed by atoms with Crippen molar-refractivity contribution in [3.05, 3.63) is 35.9 Å². The number of ether oxygens (including phenoxy) is 1. The molecule has 1 atom stereocenters. The van der Waals surface area contributed by atoms with Gasteiger partial charge in [0.25, 0.3) is 0 Å². The molecular formula is C14H19NO4. The van der Waals surface area contributed by atoms with Crippen molar-refractivity contribution in [3.63, 3.8) is 0 Å². The molecule has 1 aromatic carbocycles. The summed E-state index contributed by atoms with van der Waals surface area (Å²) in [5.41, 5.74) is 6.25. The van der Waals surface area contributed by atoms with Gasteiger partial charge in [-0.1, -0.05) is 30.3 Å². The normalized spacial score (nSPS) is 11.8. The second-order valence-electron chi connectivity index (χ2n) is 4.32. The van der Waals surface area contributed by atoms with E-state index < -0.39 is 17.9 Å². The molecule has 1 rings (SSSR count). The van der Waals surface area contributed by atoms with E-state index >= 15 is 0 Å². The number of nitrogens with two attached hydrogens (primary N) is 1. The predicted molar refractivity (Wildman–Crippen MR) is 70.3 cm³/mol. The van der Waals surface area contributed by atoms with E-state index in [1.165, 1.54) is 0 Å². The average Bonchev–Trinajstić information content (AvgIpc) is 2.41. The lowest BCUT2D eigenvalue weighted by atomic mass is 10.00. The van der Waals surface area contributed by atoms with Crippen LogP contribution >= 0.6 is 0 Å². The minimum Gasteiger partial charge on any atom is -0.481 e. The summed E-state index contributed by atoms with van der Waals surface area (Å²) >= 11 is 0. The maximum Gasteiger partial charge on any atom is 0.309 e. The summed E-state index contributed by atoms with van der Waals surface area (Å²) in [6.07, 6.45) is 0.836. The molecule has 0 radical (unpaired) electrons. The standard InChI is InChI=1S/C14H19NO4/c15-8-4-7-12(9-13(16)17)14(18)19-10-11-5-2-1-3-6-11/h1-3,5-6,12H,4,7-10,15H2,(H,16,17)/t12-/m0/s1. The van der Waals surface area contributed by atoms with Crippen LogP contribution in [0.1, 0.15) is 24.8 Å². The molecule has 0 saturated heterocycles. The third-order valence-electron chi connectivity index (χ3n) is 2.73. The molecule has 0 aliphatic heterocycles. The van der Waals surface area contributed by atoms with Crippen LogP contribution in [0.4, 0.5) is 0 Å². The number of rotatable bonds is 8. The summed E-state index contributed by atoms with van der Waals surface area (Å²) in [6.45, 7) is 0.598. The van der Waals surface area contributed by atoms with Crippen LogP contribution in [0.25, 0.3) is 0 Å². The van der Waals surface area contributed by atoms with Crippen LogP contribution in [0.3, 0.4) is 0 Å². The molecule has 0 amide bonds. The van der Waals surface area contributed by atoms with Crippen LogP contribution in [-0.2, 0) is 20.9 Å². The van der Waals surface area contributed by atoms with E-state index in [4.69, 9.17) is 15.6 Å². The Morgan fingerprint density at radius 2 is 1.95 bits per heavy atom. The monoisotopic (exact) mass is 265 g/mol. The van der Waals surface area contributed by atoms with E-state index in [2.05, 4.69) is 0 Å². The van der Waals surface area contributed by atoms with Crippen LogP contribution in [0.15, 0.2) is 30.3 Å². The van der Waals surface area contributed by atoms with E-state index in [-0.39, 0.29) is 13.0 Å². The van der Waals surface area contributed by atoms with Gasteiger partial charge in [0.1, 0.15) is 6.61 Å². The predicted octanol–water partition coefficient (Wildman–Crippen LogP) is 1.56. The van der Waals surface area contributed by atoms with E-state index in [1.54, 1.807) is 0 Å². The maximum atomic E-state index is 11.8. The van der Waals surface area contributed by atoms with Crippen molar-refractivity contribution in [1.82, 2.24) is 0 Å². The molecule has 5 nitrogen and oxygen atoms in total. The van der Waals surface area contributed by atoms with Crippen molar-refractivity contribution in [1.29, 1.82) is 0 Å². The molecule has 104 valence electrons. The maximum absolute atomic E-state index is 11.8. The largest absolute Gasteiger partial charge is 0.481 e. The first-order valence-electron chi connectivity index (χ1n) is 6.26. The molecule has 0 spiro atoms. The van der Waals surface area contributed by atoms with Gasteiger partial charge in [-0.25, -0.2) is 0 Å². The highest BCUT2D eigenvalue weighted by atomic mass is 16.5. The zero-order valence-electron chi connectivity index (χ0n) is 10.7. The number of carboxylic acid groups (broad SMARTS) is 1. The van der Waals surface area contributed by atoms with E-state index in [0.29, 0.717) is 19.4 Å². The van der Waals surface area contributed by atoms with E-state index in [9.17, 15) is 9.59 Å². The number of hydrogen-bond acceptors (Lipinski definition) is 4. The molecular weight excluding hydrogens is 246 g/mol. The lowest BCUT2D eigenvalue weighted by Crippen LogP contribution is -2.22. The Balaban J connectivity index is 2.48. The second kappa shape index (κ2) is 8.26. The van der Waals surface area contributed by atoms with Gasteiger partial charge in [0.2, 0.25) is 0 Å². The van der Waals surface area contributed by atoms with Gasteiger partial charge in [-0.15, -0.1) is 0 Å². The number of carboxylic acids is 1. The summed E-state index contributed by atoms with van der Waals surface area (Å²) in [5, 5.41) is 8.78. The van der Waals surface area contributed by atoms with Gasteiger partial charge < -0.3 is 15.6 Å². The molecule has 0 aromatic heterocycles. The Hall–Kier alpha value is -1.88. The lowest BCUT2D eigenvalue weighted by molar-refractivity contribution is -0.154. The topological polar surface area (TPSA) is 89.6 Å². The minimum atomic E-state index is -1.00. The molecule has 0 fully saturated rings. The first kappa shape index (κ1) is 15.2. The van der Waals surface area contributed by atoms with Crippen molar-refractivity contribution in [2.45, 2.75) is 25.9 Å². The van der Waals surface area contributed by atoms with Crippen LogP contribution in [0.5, 0.6) is 0 Å². The van der Waals surface area contributed by atoms with Gasteiger partial charge in [-0.3, -0.25) is 9.59 Å². The van der Waals surface area contributed by atoms with Crippen molar-refractivity contribution in [3.8, 4) is 0 Å². The molecule has 0 unspecified atom stereocenters. The highest BCUT2D eigenvalue weighted by molar-refractivity contribution is 5.79. The SMILES string of the molecule is NCCC[C@@H](CC(=O)O)C(=O)OCc1ccccc1. The first-order chi connectivity index (χ1) is 9.13. The van der Waals surface area contributed by atoms with Crippen LogP contribution in [-0.4, -0.2) is 23.6 Å². The van der Waals surface area contributed by atoms with Gasteiger partial charge in [0.15, 0.2) is 0 Å². The molecule has 3 N–H and O–H groups in total. The molecule has 0 saturated carbocycles.